The highest BCUT2D eigenvalue weighted by Gasteiger charge is 2.14. The summed E-state index contributed by atoms with van der Waals surface area (Å²) in [5, 5.41) is 0. The second-order valence-corrected chi connectivity index (χ2v) is 7.09. The van der Waals surface area contributed by atoms with Gasteiger partial charge in [0.15, 0.2) is 0 Å². The van der Waals surface area contributed by atoms with Gasteiger partial charge in [-0.15, -0.1) is 23.5 Å². The van der Waals surface area contributed by atoms with Crippen molar-refractivity contribution in [2.24, 2.45) is 4.99 Å². The summed E-state index contributed by atoms with van der Waals surface area (Å²) in [6, 6.07) is 18.9. The minimum atomic E-state index is 1.01. The lowest BCUT2D eigenvalue weighted by molar-refractivity contribution is 1.44. The summed E-state index contributed by atoms with van der Waals surface area (Å²) >= 11 is 3.83. The van der Waals surface area contributed by atoms with Crippen molar-refractivity contribution < 1.29 is 0 Å². The van der Waals surface area contributed by atoms with E-state index in [9.17, 15) is 0 Å². The number of aliphatic imine (C=N–C) groups is 1. The molecule has 21 heavy (non-hydrogen) atoms. The van der Waals surface area contributed by atoms with Gasteiger partial charge in [0, 0.05) is 27.5 Å². The lowest BCUT2D eigenvalue weighted by atomic mass is 10.2. The first kappa shape index (κ1) is 14.5. The Labute approximate surface area is 134 Å². The van der Waals surface area contributed by atoms with E-state index >= 15 is 0 Å². The molecule has 0 aliphatic carbocycles. The van der Waals surface area contributed by atoms with E-state index in [1.807, 2.05) is 29.7 Å². The molecule has 0 atom stereocenters. The third kappa shape index (κ3) is 3.80. The van der Waals surface area contributed by atoms with Gasteiger partial charge >= 0.3 is 0 Å². The van der Waals surface area contributed by atoms with E-state index in [1.165, 1.54) is 20.9 Å². The molecule has 3 heteroatoms. The van der Waals surface area contributed by atoms with Crippen molar-refractivity contribution in [3.63, 3.8) is 0 Å². The predicted octanol–water partition coefficient (Wildman–Crippen LogP) is 5.55. The van der Waals surface area contributed by atoms with Crippen LogP contribution in [0.3, 0.4) is 0 Å². The molecule has 0 saturated heterocycles. The van der Waals surface area contributed by atoms with Gasteiger partial charge in [0.2, 0.25) is 0 Å². The summed E-state index contributed by atoms with van der Waals surface area (Å²) in [7, 11) is 0. The van der Waals surface area contributed by atoms with E-state index in [2.05, 4.69) is 66.5 Å². The third-order valence-corrected chi connectivity index (χ3v) is 5.78. The van der Waals surface area contributed by atoms with Crippen molar-refractivity contribution in [1.82, 2.24) is 0 Å². The van der Waals surface area contributed by atoms with E-state index in [-0.39, 0.29) is 0 Å². The number of benzene rings is 2. The standard InChI is InChI=1S/C18H17NS2/c1-14-7-9-16(10-8-14)19-13-17-18(21-12-11-20-17)15-5-3-2-4-6-15/h2-10,13H,11-12H2,1H3. The van der Waals surface area contributed by atoms with E-state index in [1.54, 1.807) is 0 Å². The Balaban J connectivity index is 1.90. The summed E-state index contributed by atoms with van der Waals surface area (Å²) in [6.45, 7) is 2.09. The molecule has 1 aliphatic heterocycles. The molecule has 1 heterocycles. The van der Waals surface area contributed by atoms with Crippen LogP contribution in [0.1, 0.15) is 11.1 Å². The highest BCUT2D eigenvalue weighted by molar-refractivity contribution is 8.14. The zero-order valence-electron chi connectivity index (χ0n) is 12.0. The van der Waals surface area contributed by atoms with Crippen LogP contribution in [0, 0.1) is 6.92 Å². The molecule has 0 spiro atoms. The average Bonchev–Trinajstić information content (AvgIpc) is 2.55. The zero-order chi connectivity index (χ0) is 14.5. The average molecular weight is 311 g/mol. The maximum atomic E-state index is 4.63. The monoisotopic (exact) mass is 311 g/mol. The molecule has 0 radical (unpaired) electrons. The zero-order valence-corrected chi connectivity index (χ0v) is 13.6. The molecule has 0 saturated carbocycles. The van der Waals surface area contributed by atoms with Gasteiger partial charge in [-0.1, -0.05) is 48.0 Å². The Morgan fingerprint density at radius 3 is 2.38 bits per heavy atom. The second-order valence-electron chi connectivity index (χ2n) is 4.85. The molecule has 2 aromatic carbocycles. The molecule has 1 aliphatic rings. The molecule has 0 unspecified atom stereocenters. The van der Waals surface area contributed by atoms with Crippen molar-refractivity contribution in [1.29, 1.82) is 0 Å². The van der Waals surface area contributed by atoms with E-state index in [0.717, 1.165) is 17.2 Å². The fraction of sp³-hybridized carbons (Fsp3) is 0.167. The van der Waals surface area contributed by atoms with Crippen LogP contribution in [-0.2, 0) is 0 Å². The molecule has 1 nitrogen and oxygen atoms in total. The molecule has 0 N–H and O–H groups in total. The van der Waals surface area contributed by atoms with Crippen LogP contribution in [0.15, 0.2) is 64.5 Å². The smallest absolute Gasteiger partial charge is 0.0630 e. The van der Waals surface area contributed by atoms with E-state index in [4.69, 9.17) is 0 Å². The molecule has 0 amide bonds. The summed E-state index contributed by atoms with van der Waals surface area (Å²) in [5.41, 5.74) is 3.57. The lowest BCUT2D eigenvalue weighted by Crippen LogP contribution is -1.98. The largest absolute Gasteiger partial charge is 0.256 e. The Kier molecular flexibility index (Phi) is 4.84. The van der Waals surface area contributed by atoms with Crippen molar-refractivity contribution in [3.05, 3.63) is 70.6 Å². The van der Waals surface area contributed by atoms with Crippen LogP contribution >= 0.6 is 23.5 Å². The molecule has 106 valence electrons. The van der Waals surface area contributed by atoms with Crippen LogP contribution in [0.2, 0.25) is 0 Å². The maximum Gasteiger partial charge on any atom is 0.0630 e. The van der Waals surface area contributed by atoms with Crippen LogP contribution < -0.4 is 0 Å². The molecular formula is C18H17NS2. The number of nitrogens with zero attached hydrogens (tertiary/aromatic N) is 1. The molecule has 0 bridgehead atoms. The highest BCUT2D eigenvalue weighted by atomic mass is 32.2. The summed E-state index contributed by atoms with van der Waals surface area (Å²) < 4.78 is 0. The van der Waals surface area contributed by atoms with Crippen LogP contribution in [0.5, 0.6) is 0 Å². The third-order valence-electron chi connectivity index (χ3n) is 3.21. The minimum Gasteiger partial charge on any atom is -0.256 e. The number of thioether (sulfide) groups is 2. The van der Waals surface area contributed by atoms with Crippen molar-refractivity contribution in [2.75, 3.05) is 11.5 Å². The summed E-state index contributed by atoms with van der Waals surface area (Å²) in [5.74, 6) is 2.31. The Morgan fingerprint density at radius 1 is 0.905 bits per heavy atom. The Morgan fingerprint density at radius 2 is 1.62 bits per heavy atom. The second kappa shape index (κ2) is 7.01. The minimum absolute atomic E-state index is 1.01. The summed E-state index contributed by atoms with van der Waals surface area (Å²) in [6.07, 6.45) is 2.02. The molecule has 0 fully saturated rings. The molecule has 3 rings (SSSR count). The quantitative estimate of drug-likeness (QED) is 0.689. The number of rotatable bonds is 3. The van der Waals surface area contributed by atoms with Gasteiger partial charge in [0.05, 0.1) is 5.69 Å². The Bertz CT molecular complexity index is 657. The number of hydrogen-bond acceptors (Lipinski definition) is 3. The first-order chi connectivity index (χ1) is 10.3. The first-order valence-electron chi connectivity index (χ1n) is 6.99. The lowest BCUT2D eigenvalue weighted by Gasteiger charge is -2.16. The SMILES string of the molecule is Cc1ccc(N=CC2=C(c3ccccc3)SCCS2)cc1. The Hall–Kier alpha value is -1.45. The molecule has 0 aromatic heterocycles. The van der Waals surface area contributed by atoms with Crippen LogP contribution in [0.25, 0.3) is 4.91 Å². The van der Waals surface area contributed by atoms with Gasteiger partial charge in [-0.05, 0) is 24.6 Å². The summed E-state index contributed by atoms with van der Waals surface area (Å²) in [4.78, 5) is 7.26. The van der Waals surface area contributed by atoms with E-state index in [0.29, 0.717) is 0 Å². The van der Waals surface area contributed by atoms with Gasteiger partial charge in [-0.25, -0.2) is 0 Å². The van der Waals surface area contributed by atoms with Gasteiger partial charge in [0.1, 0.15) is 0 Å². The van der Waals surface area contributed by atoms with Crippen LogP contribution in [0.4, 0.5) is 5.69 Å². The van der Waals surface area contributed by atoms with Gasteiger partial charge < -0.3 is 0 Å². The van der Waals surface area contributed by atoms with Crippen molar-refractivity contribution >= 4 is 40.3 Å². The normalized spacial score (nSPS) is 15.7. The molecular weight excluding hydrogens is 294 g/mol. The highest BCUT2D eigenvalue weighted by Crippen LogP contribution is 2.39. The molecule has 2 aromatic rings. The van der Waals surface area contributed by atoms with Crippen LogP contribution in [-0.4, -0.2) is 17.7 Å². The van der Waals surface area contributed by atoms with Gasteiger partial charge in [-0.2, -0.15) is 0 Å². The first-order valence-corrected chi connectivity index (χ1v) is 8.96. The maximum absolute atomic E-state index is 4.63. The van der Waals surface area contributed by atoms with Crippen molar-refractivity contribution in [2.45, 2.75) is 6.92 Å². The predicted molar refractivity (Wildman–Crippen MR) is 97.6 cm³/mol. The fourth-order valence-electron chi connectivity index (χ4n) is 2.11. The fourth-order valence-corrected chi connectivity index (χ4v) is 4.43. The van der Waals surface area contributed by atoms with Gasteiger partial charge in [0.25, 0.3) is 0 Å². The topological polar surface area (TPSA) is 12.4 Å². The van der Waals surface area contributed by atoms with Gasteiger partial charge in [-0.3, -0.25) is 4.99 Å². The van der Waals surface area contributed by atoms with E-state index < -0.39 is 0 Å². The number of allylic oxidation sites excluding steroid dienone is 1. The van der Waals surface area contributed by atoms with Crippen molar-refractivity contribution in [3.8, 4) is 0 Å². The number of aryl methyl sites for hydroxylation is 1. The number of hydrogen-bond donors (Lipinski definition) is 0.